The molecule has 2 aliphatic rings. The Bertz CT molecular complexity index is 337. The molecule has 0 atom stereocenters. The third-order valence-corrected chi connectivity index (χ3v) is 4.01. The van der Waals surface area contributed by atoms with E-state index in [1.165, 1.54) is 0 Å². The lowest BCUT2D eigenvalue weighted by Crippen LogP contribution is -2.55. The van der Waals surface area contributed by atoms with Crippen molar-refractivity contribution in [1.82, 2.24) is 10.2 Å². The predicted octanol–water partition coefficient (Wildman–Crippen LogP) is 0.517. The van der Waals surface area contributed by atoms with E-state index in [-0.39, 0.29) is 11.8 Å². The highest BCUT2D eigenvalue weighted by Crippen LogP contribution is 2.23. The van der Waals surface area contributed by atoms with Crippen LogP contribution in [0.25, 0.3) is 0 Å². The fraction of sp³-hybridized carbons (Fsp3) is 0.846. The summed E-state index contributed by atoms with van der Waals surface area (Å²) < 4.78 is 5.25. The lowest BCUT2D eigenvalue weighted by atomic mass is 9.87. The first kappa shape index (κ1) is 13.3. The maximum absolute atomic E-state index is 12.2. The van der Waals surface area contributed by atoms with Gasteiger partial charge in [-0.1, -0.05) is 0 Å². The zero-order valence-electron chi connectivity index (χ0n) is 10.9. The number of hydrogen-bond acceptors (Lipinski definition) is 4. The lowest BCUT2D eigenvalue weighted by molar-refractivity contribution is -0.129. The Morgan fingerprint density at radius 1 is 1.39 bits per heavy atom. The summed E-state index contributed by atoms with van der Waals surface area (Å²) in [6, 6.07) is 2.32. The highest BCUT2D eigenvalue weighted by Gasteiger charge is 2.37. The molecule has 100 valence electrons. The topological polar surface area (TPSA) is 65.4 Å². The number of rotatable bonds is 2. The zero-order chi connectivity index (χ0) is 13.0. The highest BCUT2D eigenvalue weighted by molar-refractivity contribution is 5.80. The average Bonchev–Trinajstić information content (AvgIpc) is 2.43. The summed E-state index contributed by atoms with van der Waals surface area (Å²) >= 11 is 0. The van der Waals surface area contributed by atoms with Crippen LogP contribution in [0.3, 0.4) is 0 Å². The third-order valence-electron chi connectivity index (χ3n) is 4.01. The van der Waals surface area contributed by atoms with Crippen LogP contribution in [-0.4, -0.2) is 49.7 Å². The Labute approximate surface area is 108 Å². The Morgan fingerprint density at radius 3 is 2.56 bits per heavy atom. The molecular formula is C13H21N3O2. The molecule has 1 amide bonds. The smallest absolute Gasteiger partial charge is 0.224 e. The largest absolute Gasteiger partial charge is 0.381 e. The molecule has 1 N–H and O–H groups in total. The predicted molar refractivity (Wildman–Crippen MR) is 66.8 cm³/mol. The minimum Gasteiger partial charge on any atom is -0.381 e. The first-order chi connectivity index (χ1) is 8.65. The summed E-state index contributed by atoms with van der Waals surface area (Å²) in [6.07, 6.45) is 2.98. The number of carbonyl (C=O) groups excluding carboxylic acids is 1. The molecule has 0 aliphatic carbocycles. The molecule has 0 aromatic heterocycles. The molecule has 0 bridgehead atoms. The van der Waals surface area contributed by atoms with Gasteiger partial charge in [-0.3, -0.25) is 4.79 Å². The number of nitriles is 1. The second-order valence-electron chi connectivity index (χ2n) is 5.37. The summed E-state index contributed by atoms with van der Waals surface area (Å²) in [6.45, 7) is 3.03. The van der Waals surface area contributed by atoms with Crippen LogP contribution in [0.4, 0.5) is 0 Å². The van der Waals surface area contributed by atoms with E-state index in [2.05, 4.69) is 16.3 Å². The SMILES string of the molecule is CN1CCC(C#N)(NC(=O)C2CCOCC2)CC1. The van der Waals surface area contributed by atoms with Crippen molar-refractivity contribution < 1.29 is 9.53 Å². The maximum Gasteiger partial charge on any atom is 0.224 e. The third kappa shape index (κ3) is 3.01. The minimum atomic E-state index is -0.651. The molecule has 2 heterocycles. The van der Waals surface area contributed by atoms with Crippen molar-refractivity contribution in [2.75, 3.05) is 33.4 Å². The van der Waals surface area contributed by atoms with Gasteiger partial charge in [-0.25, -0.2) is 0 Å². The summed E-state index contributed by atoms with van der Waals surface area (Å²) in [4.78, 5) is 14.4. The van der Waals surface area contributed by atoms with Crippen molar-refractivity contribution in [3.63, 3.8) is 0 Å². The Kier molecular flexibility index (Phi) is 4.20. The van der Waals surface area contributed by atoms with E-state index >= 15 is 0 Å². The molecule has 18 heavy (non-hydrogen) atoms. The normalized spacial score (nSPS) is 25.3. The number of piperidine rings is 1. The van der Waals surface area contributed by atoms with E-state index in [1.54, 1.807) is 0 Å². The quantitative estimate of drug-likeness (QED) is 0.777. The van der Waals surface area contributed by atoms with E-state index in [0.29, 0.717) is 13.2 Å². The number of nitrogens with one attached hydrogen (secondary N) is 1. The number of nitrogens with zero attached hydrogens (tertiary/aromatic N) is 2. The summed E-state index contributed by atoms with van der Waals surface area (Å²) in [5, 5.41) is 12.4. The standard InChI is InChI=1S/C13H21N3O2/c1-16-6-4-13(10-14,5-7-16)15-12(17)11-2-8-18-9-3-11/h11H,2-9H2,1H3,(H,15,17). The first-order valence-electron chi connectivity index (χ1n) is 6.65. The van der Waals surface area contributed by atoms with E-state index in [0.717, 1.165) is 38.8 Å². The van der Waals surface area contributed by atoms with Gasteiger partial charge in [-0.15, -0.1) is 0 Å². The van der Waals surface area contributed by atoms with Crippen LogP contribution in [0.5, 0.6) is 0 Å². The number of carbonyl (C=O) groups is 1. The van der Waals surface area contributed by atoms with E-state index in [1.807, 2.05) is 7.05 Å². The lowest BCUT2D eigenvalue weighted by Gasteiger charge is -2.37. The Morgan fingerprint density at radius 2 is 2.00 bits per heavy atom. The number of amides is 1. The van der Waals surface area contributed by atoms with Gasteiger partial charge in [-0.05, 0) is 32.7 Å². The number of likely N-dealkylation sites (tertiary alicyclic amines) is 1. The average molecular weight is 251 g/mol. The van der Waals surface area contributed by atoms with Crippen molar-refractivity contribution in [3.8, 4) is 6.07 Å². The number of ether oxygens (including phenoxy) is 1. The second kappa shape index (κ2) is 5.68. The molecular weight excluding hydrogens is 230 g/mol. The molecule has 2 fully saturated rings. The number of hydrogen-bond donors (Lipinski definition) is 1. The van der Waals surface area contributed by atoms with Gasteiger partial charge in [0.2, 0.25) is 5.91 Å². The van der Waals surface area contributed by atoms with Gasteiger partial charge >= 0.3 is 0 Å². The molecule has 2 saturated heterocycles. The van der Waals surface area contributed by atoms with Crippen molar-refractivity contribution in [1.29, 1.82) is 5.26 Å². The minimum absolute atomic E-state index is 0.0173. The molecule has 2 rings (SSSR count). The van der Waals surface area contributed by atoms with Gasteiger partial charge in [0, 0.05) is 32.2 Å². The van der Waals surface area contributed by atoms with E-state index in [4.69, 9.17) is 4.74 Å². The fourth-order valence-corrected chi connectivity index (χ4v) is 2.56. The Hall–Kier alpha value is -1.12. The van der Waals surface area contributed by atoms with E-state index < -0.39 is 5.54 Å². The van der Waals surface area contributed by atoms with Crippen LogP contribution in [0, 0.1) is 17.2 Å². The Balaban J connectivity index is 1.93. The zero-order valence-corrected chi connectivity index (χ0v) is 10.9. The molecule has 0 aromatic carbocycles. The second-order valence-corrected chi connectivity index (χ2v) is 5.37. The van der Waals surface area contributed by atoms with Gasteiger partial charge in [0.1, 0.15) is 5.54 Å². The van der Waals surface area contributed by atoms with Crippen LogP contribution < -0.4 is 5.32 Å². The molecule has 0 radical (unpaired) electrons. The summed E-state index contributed by atoms with van der Waals surface area (Å²) in [5.41, 5.74) is -0.651. The summed E-state index contributed by atoms with van der Waals surface area (Å²) in [7, 11) is 2.04. The van der Waals surface area contributed by atoms with Crippen LogP contribution in [0.2, 0.25) is 0 Å². The van der Waals surface area contributed by atoms with Crippen LogP contribution >= 0.6 is 0 Å². The van der Waals surface area contributed by atoms with Gasteiger partial charge in [-0.2, -0.15) is 5.26 Å². The van der Waals surface area contributed by atoms with Crippen molar-refractivity contribution >= 4 is 5.91 Å². The van der Waals surface area contributed by atoms with Crippen molar-refractivity contribution in [2.45, 2.75) is 31.2 Å². The van der Waals surface area contributed by atoms with E-state index in [9.17, 15) is 10.1 Å². The highest BCUT2D eigenvalue weighted by atomic mass is 16.5. The molecule has 5 nitrogen and oxygen atoms in total. The molecule has 0 unspecified atom stereocenters. The van der Waals surface area contributed by atoms with Gasteiger partial charge in [0.15, 0.2) is 0 Å². The molecule has 2 aliphatic heterocycles. The molecule has 0 saturated carbocycles. The first-order valence-corrected chi connectivity index (χ1v) is 6.65. The summed E-state index contributed by atoms with van der Waals surface area (Å²) in [5.74, 6) is 0.0491. The fourth-order valence-electron chi connectivity index (χ4n) is 2.56. The van der Waals surface area contributed by atoms with Crippen LogP contribution in [-0.2, 0) is 9.53 Å². The molecule has 0 spiro atoms. The van der Waals surface area contributed by atoms with Crippen LogP contribution in [0.15, 0.2) is 0 Å². The van der Waals surface area contributed by atoms with Gasteiger partial charge in [0.05, 0.1) is 6.07 Å². The maximum atomic E-state index is 12.2. The van der Waals surface area contributed by atoms with Gasteiger partial charge < -0.3 is 15.0 Å². The molecule has 0 aromatic rings. The van der Waals surface area contributed by atoms with Crippen molar-refractivity contribution in [2.24, 2.45) is 5.92 Å². The molecule has 5 heteroatoms. The monoisotopic (exact) mass is 251 g/mol. The van der Waals surface area contributed by atoms with Crippen LogP contribution in [0.1, 0.15) is 25.7 Å². The van der Waals surface area contributed by atoms with Gasteiger partial charge in [0.25, 0.3) is 0 Å². The van der Waals surface area contributed by atoms with Crippen molar-refractivity contribution in [3.05, 3.63) is 0 Å².